The average molecular weight is 420 g/mol. The van der Waals surface area contributed by atoms with Gasteiger partial charge in [0.1, 0.15) is 22.7 Å². The molecule has 0 unspecified atom stereocenters. The van der Waals surface area contributed by atoms with Gasteiger partial charge >= 0.3 is 0 Å². The summed E-state index contributed by atoms with van der Waals surface area (Å²) in [5.74, 6) is 1.51. The molecule has 1 aromatic carbocycles. The molecule has 30 heavy (non-hydrogen) atoms. The van der Waals surface area contributed by atoms with E-state index in [2.05, 4.69) is 20.3 Å². The second-order valence-electron chi connectivity index (χ2n) is 6.82. The number of Topliss-reactive ketones (excluding diaryl/α,β-unsaturated/α-hetero) is 1. The molecular weight excluding hydrogens is 398 g/mol. The van der Waals surface area contributed by atoms with E-state index in [1.165, 1.54) is 6.33 Å². The lowest BCUT2D eigenvalue weighted by Gasteiger charge is -2.09. The van der Waals surface area contributed by atoms with Crippen LogP contribution in [0.5, 0.6) is 11.6 Å². The van der Waals surface area contributed by atoms with Gasteiger partial charge < -0.3 is 9.47 Å². The Labute approximate surface area is 178 Å². The number of ether oxygens (including phenoxy) is 2. The van der Waals surface area contributed by atoms with Crippen molar-refractivity contribution in [3.05, 3.63) is 66.1 Å². The Balaban J connectivity index is 1.34. The predicted octanol–water partition coefficient (Wildman–Crippen LogP) is 4.73. The molecule has 0 atom stereocenters. The van der Waals surface area contributed by atoms with Crippen molar-refractivity contribution in [3.63, 3.8) is 0 Å². The van der Waals surface area contributed by atoms with Crippen LogP contribution in [0.4, 0.5) is 0 Å². The lowest BCUT2D eigenvalue weighted by molar-refractivity contribution is -0.116. The summed E-state index contributed by atoms with van der Waals surface area (Å²) in [5, 5.41) is 2.97. The van der Waals surface area contributed by atoms with Crippen LogP contribution in [0.15, 0.2) is 60.5 Å². The van der Waals surface area contributed by atoms with Gasteiger partial charge in [-0.2, -0.15) is 0 Å². The molecule has 0 saturated heterocycles. The van der Waals surface area contributed by atoms with Gasteiger partial charge in [0.2, 0.25) is 5.88 Å². The van der Waals surface area contributed by atoms with E-state index in [9.17, 15) is 4.79 Å². The second-order valence-corrected chi connectivity index (χ2v) is 7.68. The number of ketones is 1. The summed E-state index contributed by atoms with van der Waals surface area (Å²) in [7, 11) is 0. The zero-order chi connectivity index (χ0) is 20.8. The number of rotatable bonds is 9. The van der Waals surface area contributed by atoms with E-state index in [0.717, 1.165) is 32.7 Å². The normalized spacial score (nSPS) is 10.8. The highest BCUT2D eigenvalue weighted by molar-refractivity contribution is 7.17. The molecule has 152 valence electrons. The molecule has 0 radical (unpaired) electrons. The van der Waals surface area contributed by atoms with E-state index in [1.54, 1.807) is 24.5 Å². The molecule has 3 heterocycles. The number of aromatic nitrogens is 3. The number of hydrogen-bond acceptors (Lipinski definition) is 7. The van der Waals surface area contributed by atoms with Gasteiger partial charge in [-0.1, -0.05) is 18.2 Å². The van der Waals surface area contributed by atoms with Crippen LogP contribution in [-0.4, -0.2) is 33.9 Å². The molecule has 3 aromatic heterocycles. The molecule has 0 aliphatic carbocycles. The molecule has 4 rings (SSSR count). The standard InChI is InChI=1S/C23H21N3O3S/c1-16(27)12-17-5-7-19(8-6-17)28-10-3-11-29-22-21-20(18-4-2-9-24-13-18)14-30-23(21)26-15-25-22/h2,4-9,13-15H,3,10-12H2,1H3. The molecule has 0 fully saturated rings. The van der Waals surface area contributed by atoms with Crippen LogP contribution in [0, 0.1) is 0 Å². The summed E-state index contributed by atoms with van der Waals surface area (Å²) in [4.78, 5) is 25.0. The SMILES string of the molecule is CC(=O)Cc1ccc(OCCCOc2ncnc3scc(-c4cccnc4)c23)cc1. The van der Waals surface area contributed by atoms with Crippen molar-refractivity contribution < 1.29 is 14.3 Å². The molecule has 0 aliphatic heterocycles. The first-order valence-electron chi connectivity index (χ1n) is 9.67. The predicted molar refractivity (Wildman–Crippen MR) is 117 cm³/mol. The van der Waals surface area contributed by atoms with Crippen molar-refractivity contribution >= 4 is 27.3 Å². The van der Waals surface area contributed by atoms with E-state index in [1.807, 2.05) is 42.6 Å². The minimum atomic E-state index is 0.150. The van der Waals surface area contributed by atoms with Crippen molar-refractivity contribution in [2.45, 2.75) is 19.8 Å². The van der Waals surface area contributed by atoms with Crippen LogP contribution < -0.4 is 9.47 Å². The Morgan fingerprint density at radius 1 is 1.07 bits per heavy atom. The fourth-order valence-corrected chi connectivity index (χ4v) is 4.01. The first kappa shape index (κ1) is 20.0. The first-order chi connectivity index (χ1) is 14.7. The number of carbonyl (C=O) groups excluding carboxylic acids is 1. The number of pyridine rings is 1. The van der Waals surface area contributed by atoms with Gasteiger partial charge in [-0.05, 0) is 30.7 Å². The van der Waals surface area contributed by atoms with E-state index in [-0.39, 0.29) is 5.78 Å². The Morgan fingerprint density at radius 3 is 2.67 bits per heavy atom. The van der Waals surface area contributed by atoms with Crippen LogP contribution in [-0.2, 0) is 11.2 Å². The lowest BCUT2D eigenvalue weighted by atomic mass is 10.1. The van der Waals surface area contributed by atoms with Crippen LogP contribution in [0.1, 0.15) is 18.9 Å². The summed E-state index contributed by atoms with van der Waals surface area (Å²) < 4.78 is 11.7. The summed E-state index contributed by atoms with van der Waals surface area (Å²) in [5.41, 5.74) is 3.03. The van der Waals surface area contributed by atoms with Crippen molar-refractivity contribution in [1.82, 2.24) is 15.0 Å². The fourth-order valence-electron chi connectivity index (χ4n) is 3.10. The van der Waals surface area contributed by atoms with E-state index < -0.39 is 0 Å². The molecule has 0 saturated carbocycles. The summed E-state index contributed by atoms with van der Waals surface area (Å²) >= 11 is 1.56. The third-order valence-electron chi connectivity index (χ3n) is 4.48. The Bertz CT molecular complexity index is 1130. The number of benzene rings is 1. The number of hydrogen-bond donors (Lipinski definition) is 0. The lowest BCUT2D eigenvalue weighted by Crippen LogP contribution is -2.06. The van der Waals surface area contributed by atoms with E-state index >= 15 is 0 Å². The van der Waals surface area contributed by atoms with Gasteiger partial charge in [-0.25, -0.2) is 9.97 Å². The average Bonchev–Trinajstić information content (AvgIpc) is 3.20. The highest BCUT2D eigenvalue weighted by atomic mass is 32.1. The molecule has 0 amide bonds. The van der Waals surface area contributed by atoms with Gasteiger partial charge in [0.05, 0.1) is 18.6 Å². The van der Waals surface area contributed by atoms with Gasteiger partial charge in [-0.15, -0.1) is 11.3 Å². The fraction of sp³-hybridized carbons (Fsp3) is 0.217. The number of fused-ring (bicyclic) bond motifs is 1. The highest BCUT2D eigenvalue weighted by Crippen LogP contribution is 2.37. The molecule has 6 nitrogen and oxygen atoms in total. The molecular formula is C23H21N3O3S. The van der Waals surface area contributed by atoms with Crippen molar-refractivity contribution in [1.29, 1.82) is 0 Å². The molecule has 0 spiro atoms. The van der Waals surface area contributed by atoms with E-state index in [0.29, 0.717) is 31.9 Å². The van der Waals surface area contributed by atoms with Gasteiger partial charge in [-0.3, -0.25) is 9.78 Å². The van der Waals surface area contributed by atoms with Crippen molar-refractivity contribution in [2.75, 3.05) is 13.2 Å². The second kappa shape index (κ2) is 9.45. The van der Waals surface area contributed by atoms with E-state index in [4.69, 9.17) is 9.47 Å². The summed E-state index contributed by atoms with van der Waals surface area (Å²) in [6, 6.07) is 11.5. The molecule has 0 N–H and O–H groups in total. The van der Waals surface area contributed by atoms with Crippen molar-refractivity contribution in [3.8, 4) is 22.8 Å². The molecule has 7 heteroatoms. The molecule has 0 bridgehead atoms. The van der Waals surface area contributed by atoms with Gasteiger partial charge in [0.25, 0.3) is 0 Å². The van der Waals surface area contributed by atoms with Crippen molar-refractivity contribution in [2.24, 2.45) is 0 Å². The van der Waals surface area contributed by atoms with Crippen LogP contribution in [0.3, 0.4) is 0 Å². The topological polar surface area (TPSA) is 74.2 Å². The number of carbonyl (C=O) groups is 1. The number of nitrogens with zero attached hydrogens (tertiary/aromatic N) is 3. The zero-order valence-electron chi connectivity index (χ0n) is 16.6. The smallest absolute Gasteiger partial charge is 0.225 e. The summed E-state index contributed by atoms with van der Waals surface area (Å²) in [6.45, 7) is 2.60. The third-order valence-corrected chi connectivity index (χ3v) is 5.37. The van der Waals surface area contributed by atoms with Crippen LogP contribution in [0.2, 0.25) is 0 Å². The van der Waals surface area contributed by atoms with Crippen LogP contribution in [0.25, 0.3) is 21.3 Å². The quantitative estimate of drug-likeness (QED) is 0.365. The monoisotopic (exact) mass is 419 g/mol. The highest BCUT2D eigenvalue weighted by Gasteiger charge is 2.14. The van der Waals surface area contributed by atoms with Gasteiger partial charge in [0, 0.05) is 41.7 Å². The Kier molecular flexibility index (Phi) is 6.29. The van der Waals surface area contributed by atoms with Crippen LogP contribution >= 0.6 is 11.3 Å². The number of thiophene rings is 1. The molecule has 4 aromatic rings. The Morgan fingerprint density at radius 2 is 1.90 bits per heavy atom. The maximum absolute atomic E-state index is 11.2. The third kappa shape index (κ3) is 4.80. The zero-order valence-corrected chi connectivity index (χ0v) is 17.4. The van der Waals surface area contributed by atoms with Gasteiger partial charge in [0.15, 0.2) is 0 Å². The largest absolute Gasteiger partial charge is 0.493 e. The summed E-state index contributed by atoms with van der Waals surface area (Å²) in [6.07, 6.45) is 6.27. The first-order valence-corrected chi connectivity index (χ1v) is 10.6. The Hall–Kier alpha value is -3.32. The minimum Gasteiger partial charge on any atom is -0.493 e. The minimum absolute atomic E-state index is 0.150. The maximum atomic E-state index is 11.2. The maximum Gasteiger partial charge on any atom is 0.225 e. The molecule has 0 aliphatic rings.